The number of rotatable bonds is 6. The quantitative estimate of drug-likeness (QED) is 0.809. The fourth-order valence-corrected chi connectivity index (χ4v) is 4.33. The Morgan fingerprint density at radius 2 is 1.88 bits per heavy atom. The van der Waals surface area contributed by atoms with Crippen LogP contribution in [0.5, 0.6) is 0 Å². The Balaban J connectivity index is 1.60. The molecule has 0 amide bonds. The number of H-pyrrole nitrogens is 1. The summed E-state index contributed by atoms with van der Waals surface area (Å²) in [7, 11) is -3.15. The number of pyridine rings is 1. The number of nitrogens with one attached hydrogen (secondary N) is 2. The predicted octanol–water partition coefficient (Wildman–Crippen LogP) is 2.60. The van der Waals surface area contributed by atoms with E-state index in [-0.39, 0.29) is 23.3 Å². The Morgan fingerprint density at radius 3 is 2.58 bits per heavy atom. The third kappa shape index (κ3) is 4.34. The Hall–Kier alpha value is -1.70. The van der Waals surface area contributed by atoms with Crippen molar-refractivity contribution in [3.8, 4) is 0 Å². The first-order valence-electron chi connectivity index (χ1n) is 9.11. The average Bonchev–Trinajstić information content (AvgIpc) is 2.64. The lowest BCUT2D eigenvalue weighted by Gasteiger charge is -2.29. The molecule has 0 bridgehead atoms. The van der Waals surface area contributed by atoms with Crippen LogP contribution in [0.2, 0.25) is 0 Å². The fraction of sp³-hybridized carbons (Fsp3) is 0.526. The van der Waals surface area contributed by atoms with Crippen LogP contribution in [0.25, 0.3) is 10.9 Å². The largest absolute Gasteiger partial charge is 0.372 e. The SMILES string of the molecule is CCS(=O)(=O)N[C@H]1CC[C@H](OCc2[nH]c3ccccc3c(=O)c2C)CC1. The van der Waals surface area contributed by atoms with Gasteiger partial charge in [-0.2, -0.15) is 0 Å². The zero-order valence-corrected chi connectivity index (χ0v) is 16.1. The molecule has 1 aliphatic rings. The van der Waals surface area contributed by atoms with Gasteiger partial charge in [-0.15, -0.1) is 0 Å². The van der Waals surface area contributed by atoms with Gasteiger partial charge in [0.15, 0.2) is 5.43 Å². The van der Waals surface area contributed by atoms with Crippen molar-refractivity contribution >= 4 is 20.9 Å². The monoisotopic (exact) mass is 378 g/mol. The molecule has 142 valence electrons. The minimum atomic E-state index is -3.15. The van der Waals surface area contributed by atoms with E-state index in [1.165, 1.54) is 0 Å². The number of aromatic amines is 1. The summed E-state index contributed by atoms with van der Waals surface area (Å²) in [6.07, 6.45) is 3.27. The van der Waals surface area contributed by atoms with Gasteiger partial charge in [0.25, 0.3) is 0 Å². The van der Waals surface area contributed by atoms with Crippen molar-refractivity contribution in [3.63, 3.8) is 0 Å². The van der Waals surface area contributed by atoms with Gasteiger partial charge in [0, 0.05) is 28.2 Å². The number of aromatic nitrogens is 1. The highest BCUT2D eigenvalue weighted by atomic mass is 32.2. The molecule has 0 aliphatic heterocycles. The number of ether oxygens (including phenoxy) is 1. The van der Waals surface area contributed by atoms with Gasteiger partial charge in [0.1, 0.15) is 0 Å². The lowest BCUT2D eigenvalue weighted by atomic mass is 9.94. The van der Waals surface area contributed by atoms with Crippen LogP contribution < -0.4 is 10.2 Å². The van der Waals surface area contributed by atoms with Crippen molar-refractivity contribution in [1.82, 2.24) is 9.71 Å². The molecule has 1 aromatic carbocycles. The normalized spacial score (nSPS) is 21.2. The first-order valence-corrected chi connectivity index (χ1v) is 10.8. The van der Waals surface area contributed by atoms with E-state index in [0.29, 0.717) is 17.6 Å². The maximum Gasteiger partial charge on any atom is 0.211 e. The van der Waals surface area contributed by atoms with Gasteiger partial charge in [-0.25, -0.2) is 13.1 Å². The summed E-state index contributed by atoms with van der Waals surface area (Å²) in [4.78, 5) is 15.8. The van der Waals surface area contributed by atoms with Gasteiger partial charge >= 0.3 is 0 Å². The van der Waals surface area contributed by atoms with Gasteiger partial charge < -0.3 is 9.72 Å². The van der Waals surface area contributed by atoms with Gasteiger partial charge in [-0.1, -0.05) is 12.1 Å². The topological polar surface area (TPSA) is 88.3 Å². The number of sulfonamides is 1. The molecule has 7 heteroatoms. The van der Waals surface area contributed by atoms with E-state index in [4.69, 9.17) is 4.74 Å². The van der Waals surface area contributed by atoms with E-state index in [1.54, 1.807) is 6.92 Å². The Kier molecular flexibility index (Phi) is 5.79. The number of benzene rings is 1. The Morgan fingerprint density at radius 1 is 1.19 bits per heavy atom. The van der Waals surface area contributed by atoms with Crippen molar-refractivity contribution in [2.45, 2.75) is 58.3 Å². The van der Waals surface area contributed by atoms with Crippen molar-refractivity contribution in [2.75, 3.05) is 5.75 Å². The molecule has 0 spiro atoms. The smallest absolute Gasteiger partial charge is 0.211 e. The highest BCUT2D eigenvalue weighted by Gasteiger charge is 2.24. The molecular formula is C19H26N2O4S. The zero-order chi connectivity index (χ0) is 18.7. The van der Waals surface area contributed by atoms with E-state index in [2.05, 4.69) is 9.71 Å². The van der Waals surface area contributed by atoms with Crippen LogP contribution in [0, 0.1) is 6.92 Å². The van der Waals surface area contributed by atoms with Gasteiger partial charge in [-0.05, 0) is 51.7 Å². The first kappa shape index (κ1) is 19.1. The summed E-state index contributed by atoms with van der Waals surface area (Å²) in [5.41, 5.74) is 2.35. The summed E-state index contributed by atoms with van der Waals surface area (Å²) in [5.74, 6) is 0.109. The van der Waals surface area contributed by atoms with E-state index in [0.717, 1.165) is 36.9 Å². The van der Waals surface area contributed by atoms with Crippen molar-refractivity contribution in [2.24, 2.45) is 0 Å². The maximum absolute atomic E-state index is 12.5. The van der Waals surface area contributed by atoms with Crippen LogP contribution in [-0.4, -0.2) is 31.3 Å². The van der Waals surface area contributed by atoms with Gasteiger partial charge in [-0.3, -0.25) is 4.79 Å². The third-order valence-corrected chi connectivity index (χ3v) is 6.57. The lowest BCUT2D eigenvalue weighted by molar-refractivity contribution is 0.0111. The summed E-state index contributed by atoms with van der Waals surface area (Å²) < 4.78 is 32.1. The molecule has 0 radical (unpaired) electrons. The zero-order valence-electron chi connectivity index (χ0n) is 15.2. The lowest BCUT2D eigenvalue weighted by Crippen LogP contribution is -2.39. The highest BCUT2D eigenvalue weighted by Crippen LogP contribution is 2.23. The van der Waals surface area contributed by atoms with Crippen LogP contribution in [0.15, 0.2) is 29.1 Å². The molecule has 6 nitrogen and oxygen atoms in total. The second-order valence-electron chi connectivity index (χ2n) is 6.91. The second kappa shape index (κ2) is 7.90. The van der Waals surface area contributed by atoms with Crippen molar-refractivity contribution in [1.29, 1.82) is 0 Å². The summed E-state index contributed by atoms with van der Waals surface area (Å²) in [5, 5.41) is 0.692. The van der Waals surface area contributed by atoms with E-state index >= 15 is 0 Å². The Labute approximate surface area is 154 Å². The minimum absolute atomic E-state index is 0.00186. The standard InChI is InChI=1S/C19H26N2O4S/c1-3-26(23,24)21-14-8-10-15(11-9-14)25-12-18-13(2)19(22)16-6-4-5-7-17(16)20-18/h4-7,14-15,21H,3,8-12H2,1-2H3,(H,20,22)/t14-,15-. The molecule has 0 unspecified atom stereocenters. The van der Waals surface area contributed by atoms with Gasteiger partial charge in [0.05, 0.1) is 18.5 Å². The Bertz CT molecular complexity index is 928. The molecule has 1 saturated carbocycles. The van der Waals surface area contributed by atoms with E-state index in [9.17, 15) is 13.2 Å². The summed E-state index contributed by atoms with van der Waals surface area (Å²) in [6.45, 7) is 3.83. The summed E-state index contributed by atoms with van der Waals surface area (Å²) in [6, 6.07) is 7.48. The molecule has 0 atom stereocenters. The number of hydrogen-bond donors (Lipinski definition) is 2. The van der Waals surface area contributed by atoms with Gasteiger partial charge in [0.2, 0.25) is 10.0 Å². The first-order chi connectivity index (χ1) is 12.4. The van der Waals surface area contributed by atoms with Crippen molar-refractivity contribution in [3.05, 3.63) is 45.7 Å². The van der Waals surface area contributed by atoms with E-state index in [1.807, 2.05) is 31.2 Å². The molecule has 1 aromatic heterocycles. The maximum atomic E-state index is 12.5. The van der Waals surface area contributed by atoms with E-state index < -0.39 is 10.0 Å². The number of fused-ring (bicyclic) bond motifs is 1. The minimum Gasteiger partial charge on any atom is -0.372 e. The highest BCUT2D eigenvalue weighted by molar-refractivity contribution is 7.89. The molecule has 0 saturated heterocycles. The van der Waals surface area contributed by atoms with Crippen molar-refractivity contribution < 1.29 is 13.2 Å². The van der Waals surface area contributed by atoms with Crippen LogP contribution in [0.4, 0.5) is 0 Å². The molecule has 1 heterocycles. The molecule has 2 N–H and O–H groups in total. The number of hydrogen-bond acceptors (Lipinski definition) is 4. The van der Waals surface area contributed by atoms with Crippen LogP contribution in [-0.2, 0) is 21.4 Å². The van der Waals surface area contributed by atoms with Crippen LogP contribution in [0.3, 0.4) is 0 Å². The predicted molar refractivity (Wildman–Crippen MR) is 103 cm³/mol. The summed E-state index contributed by atoms with van der Waals surface area (Å²) >= 11 is 0. The third-order valence-electron chi connectivity index (χ3n) is 5.11. The average molecular weight is 378 g/mol. The molecule has 3 rings (SSSR count). The molecule has 1 fully saturated rings. The molecule has 2 aromatic rings. The van der Waals surface area contributed by atoms with Crippen LogP contribution >= 0.6 is 0 Å². The van der Waals surface area contributed by atoms with Crippen LogP contribution in [0.1, 0.15) is 43.9 Å². The fourth-order valence-electron chi connectivity index (χ4n) is 3.42. The second-order valence-corrected chi connectivity index (χ2v) is 8.95. The molecule has 26 heavy (non-hydrogen) atoms. The molecular weight excluding hydrogens is 352 g/mol. The number of para-hydroxylation sites is 1. The molecule has 1 aliphatic carbocycles.